The van der Waals surface area contributed by atoms with Crippen molar-refractivity contribution in [3.05, 3.63) is 22.4 Å². The number of ether oxygens (including phenoxy) is 1. The maximum atomic E-state index is 12.4. The number of hydrogen-bond donors (Lipinski definition) is 1. The molecule has 1 aliphatic rings. The number of carbonyl (C=O) groups is 1. The van der Waals surface area contributed by atoms with E-state index in [4.69, 9.17) is 4.74 Å². The molecule has 1 fully saturated rings. The molecular weight excluding hydrogens is 272 g/mol. The first-order chi connectivity index (χ1) is 9.65. The zero-order valence-electron chi connectivity index (χ0n) is 12.5. The normalized spacial score (nSPS) is 24.4. The summed E-state index contributed by atoms with van der Waals surface area (Å²) in [5.74, 6) is 0.517. The number of amides is 2. The van der Waals surface area contributed by atoms with E-state index in [0.29, 0.717) is 12.5 Å². The first kappa shape index (κ1) is 15.3. The predicted octanol–water partition coefficient (Wildman–Crippen LogP) is 3.27. The molecule has 1 saturated heterocycles. The van der Waals surface area contributed by atoms with Crippen molar-refractivity contribution in [1.82, 2.24) is 10.2 Å². The Bertz CT molecular complexity index is 422. The highest BCUT2D eigenvalue weighted by Crippen LogP contribution is 2.23. The van der Waals surface area contributed by atoms with Gasteiger partial charge in [0.25, 0.3) is 0 Å². The van der Waals surface area contributed by atoms with Crippen LogP contribution in [0.3, 0.4) is 0 Å². The van der Waals surface area contributed by atoms with Crippen LogP contribution < -0.4 is 5.32 Å². The van der Waals surface area contributed by atoms with E-state index in [1.807, 2.05) is 16.3 Å². The van der Waals surface area contributed by atoms with Crippen molar-refractivity contribution in [2.45, 2.75) is 38.8 Å². The van der Waals surface area contributed by atoms with Gasteiger partial charge in [-0.05, 0) is 30.2 Å². The van der Waals surface area contributed by atoms with Gasteiger partial charge in [-0.2, -0.15) is 0 Å². The monoisotopic (exact) mass is 296 g/mol. The molecule has 0 saturated carbocycles. The molecule has 0 radical (unpaired) electrons. The molecule has 4 nitrogen and oxygen atoms in total. The molecule has 1 N–H and O–H groups in total. The van der Waals surface area contributed by atoms with Crippen LogP contribution in [0.25, 0.3) is 0 Å². The van der Waals surface area contributed by atoms with Gasteiger partial charge in [-0.15, -0.1) is 11.3 Å². The van der Waals surface area contributed by atoms with Crippen LogP contribution in [-0.4, -0.2) is 37.2 Å². The summed E-state index contributed by atoms with van der Waals surface area (Å²) >= 11 is 1.69. The van der Waals surface area contributed by atoms with Gasteiger partial charge in [0.1, 0.15) is 0 Å². The number of nitrogens with one attached hydrogen (secondary N) is 1. The number of hydrogen-bond acceptors (Lipinski definition) is 3. The second-order valence-corrected chi connectivity index (χ2v) is 6.39. The zero-order valence-corrected chi connectivity index (χ0v) is 13.3. The van der Waals surface area contributed by atoms with Gasteiger partial charge >= 0.3 is 6.03 Å². The lowest BCUT2D eigenvalue weighted by Crippen LogP contribution is -2.50. The highest BCUT2D eigenvalue weighted by molar-refractivity contribution is 7.10. The van der Waals surface area contributed by atoms with Crippen LogP contribution in [0.1, 0.15) is 37.6 Å². The Hall–Kier alpha value is -1.07. The molecule has 5 heteroatoms. The summed E-state index contributed by atoms with van der Waals surface area (Å²) in [5.41, 5.74) is 0. The van der Waals surface area contributed by atoms with E-state index < -0.39 is 0 Å². The largest absolute Gasteiger partial charge is 0.379 e. The molecule has 3 unspecified atom stereocenters. The number of carbonyl (C=O) groups excluding carboxylic acids is 1. The van der Waals surface area contributed by atoms with Crippen molar-refractivity contribution in [1.29, 1.82) is 0 Å². The second kappa shape index (κ2) is 7.09. The fraction of sp³-hybridized carbons (Fsp3) is 0.667. The van der Waals surface area contributed by atoms with Crippen LogP contribution in [0.5, 0.6) is 0 Å². The molecule has 0 bridgehead atoms. The fourth-order valence-electron chi connectivity index (χ4n) is 2.63. The average molecular weight is 296 g/mol. The highest BCUT2D eigenvalue weighted by atomic mass is 32.1. The topological polar surface area (TPSA) is 41.6 Å². The van der Waals surface area contributed by atoms with Crippen LogP contribution in [0.2, 0.25) is 0 Å². The quantitative estimate of drug-likeness (QED) is 0.926. The average Bonchev–Trinajstić information content (AvgIpc) is 2.99. The Kier molecular flexibility index (Phi) is 5.43. The number of methoxy groups -OCH3 is 1. The molecule has 0 aliphatic carbocycles. The van der Waals surface area contributed by atoms with Crippen molar-refractivity contribution in [2.24, 2.45) is 5.92 Å². The Labute approximate surface area is 125 Å². The van der Waals surface area contributed by atoms with Crippen LogP contribution >= 0.6 is 11.3 Å². The van der Waals surface area contributed by atoms with Gasteiger partial charge < -0.3 is 15.0 Å². The molecular formula is C15H24N2O2S. The highest BCUT2D eigenvalue weighted by Gasteiger charge is 2.29. The third-order valence-electron chi connectivity index (χ3n) is 4.07. The van der Waals surface area contributed by atoms with E-state index in [2.05, 4.69) is 25.2 Å². The Morgan fingerprint density at radius 1 is 1.65 bits per heavy atom. The molecule has 2 heterocycles. The lowest BCUT2D eigenvalue weighted by Gasteiger charge is -2.36. The third kappa shape index (κ3) is 3.52. The number of thiophene rings is 1. The van der Waals surface area contributed by atoms with Crippen LogP contribution in [0, 0.1) is 5.92 Å². The van der Waals surface area contributed by atoms with E-state index in [0.717, 1.165) is 19.4 Å². The fourth-order valence-corrected chi connectivity index (χ4v) is 3.49. The van der Waals surface area contributed by atoms with Crippen LogP contribution in [0.15, 0.2) is 17.5 Å². The van der Waals surface area contributed by atoms with Crippen LogP contribution in [0.4, 0.5) is 4.79 Å². The Morgan fingerprint density at radius 3 is 3.05 bits per heavy atom. The lowest BCUT2D eigenvalue weighted by atomic mass is 9.96. The van der Waals surface area contributed by atoms with Crippen LogP contribution in [-0.2, 0) is 4.74 Å². The number of nitrogens with zero attached hydrogens (tertiary/aromatic N) is 1. The number of piperidine rings is 1. The van der Waals surface area contributed by atoms with Crippen molar-refractivity contribution in [2.75, 3.05) is 20.2 Å². The molecule has 20 heavy (non-hydrogen) atoms. The van der Waals surface area contributed by atoms with Gasteiger partial charge in [0, 0.05) is 25.1 Å². The molecule has 1 aliphatic heterocycles. The molecule has 0 spiro atoms. The smallest absolute Gasteiger partial charge is 0.317 e. The summed E-state index contributed by atoms with van der Waals surface area (Å²) in [7, 11) is 1.73. The van der Waals surface area contributed by atoms with Gasteiger partial charge in [-0.25, -0.2) is 4.79 Å². The molecule has 0 aromatic carbocycles. The van der Waals surface area contributed by atoms with E-state index in [9.17, 15) is 4.79 Å². The minimum Gasteiger partial charge on any atom is -0.379 e. The first-order valence-electron chi connectivity index (χ1n) is 7.27. The number of urea groups is 1. The van der Waals surface area contributed by atoms with Gasteiger partial charge in [-0.1, -0.05) is 19.9 Å². The molecule has 1 aromatic heterocycles. The SMILES string of the molecule is CCC(NC(=O)N1CCC(C)C(OC)C1)c1cccs1. The second-order valence-electron chi connectivity index (χ2n) is 5.41. The Balaban J connectivity index is 1.94. The summed E-state index contributed by atoms with van der Waals surface area (Å²) in [6.45, 7) is 5.78. The van der Waals surface area contributed by atoms with Gasteiger partial charge in [0.2, 0.25) is 0 Å². The maximum absolute atomic E-state index is 12.4. The number of rotatable bonds is 4. The van der Waals surface area contributed by atoms with Crippen molar-refractivity contribution >= 4 is 17.4 Å². The standard InChI is InChI=1S/C15H24N2O2S/c1-4-12(14-6-5-9-20-14)16-15(18)17-8-7-11(2)13(10-17)19-3/h5-6,9,11-13H,4,7-8,10H2,1-3H3,(H,16,18). The van der Waals surface area contributed by atoms with Crippen molar-refractivity contribution in [3.8, 4) is 0 Å². The molecule has 2 amide bonds. The summed E-state index contributed by atoms with van der Waals surface area (Å²) in [4.78, 5) is 15.5. The zero-order chi connectivity index (χ0) is 14.5. The molecule has 112 valence electrons. The number of likely N-dealkylation sites (tertiary alicyclic amines) is 1. The van der Waals surface area contributed by atoms with Gasteiger partial charge in [0.15, 0.2) is 0 Å². The van der Waals surface area contributed by atoms with Gasteiger partial charge in [0.05, 0.1) is 12.1 Å². The van der Waals surface area contributed by atoms with E-state index >= 15 is 0 Å². The van der Waals surface area contributed by atoms with E-state index in [-0.39, 0.29) is 18.2 Å². The molecule has 1 aromatic rings. The van der Waals surface area contributed by atoms with E-state index in [1.165, 1.54) is 4.88 Å². The summed E-state index contributed by atoms with van der Waals surface area (Å²) < 4.78 is 5.47. The van der Waals surface area contributed by atoms with Gasteiger partial charge in [-0.3, -0.25) is 0 Å². The molecule has 3 atom stereocenters. The lowest BCUT2D eigenvalue weighted by molar-refractivity contribution is 0.00682. The minimum absolute atomic E-state index is 0.0270. The maximum Gasteiger partial charge on any atom is 0.317 e. The van der Waals surface area contributed by atoms with Crippen molar-refractivity contribution < 1.29 is 9.53 Å². The summed E-state index contributed by atoms with van der Waals surface area (Å²) in [6, 6.07) is 4.25. The molecule has 2 rings (SSSR count). The Morgan fingerprint density at radius 2 is 2.45 bits per heavy atom. The summed E-state index contributed by atoms with van der Waals surface area (Å²) in [5, 5.41) is 5.19. The predicted molar refractivity (Wildman–Crippen MR) is 82.0 cm³/mol. The minimum atomic E-state index is 0.0270. The summed E-state index contributed by atoms with van der Waals surface area (Å²) in [6.07, 6.45) is 2.06. The van der Waals surface area contributed by atoms with Crippen molar-refractivity contribution in [3.63, 3.8) is 0 Å². The third-order valence-corrected chi connectivity index (χ3v) is 5.06. The first-order valence-corrected chi connectivity index (χ1v) is 8.15. The van der Waals surface area contributed by atoms with E-state index in [1.54, 1.807) is 18.4 Å².